The van der Waals surface area contributed by atoms with Crippen LogP contribution >= 0.6 is 11.6 Å². The van der Waals surface area contributed by atoms with Crippen LogP contribution < -0.4 is 9.47 Å². The average molecular weight is 373 g/mol. The standard InChI is InChI=1S/C19H17ClN2O4/c1-3-24-18(23)12(2)25-15-5-7-16(8-6-15)26-19-21-11-13-10-14(20)4-9-17(13)22-19/h4-12H,3H2,1-2H3. The largest absolute Gasteiger partial charge is 0.479 e. The van der Waals surface area contributed by atoms with E-state index in [1.807, 2.05) is 0 Å². The Bertz CT molecular complexity index is 915. The third kappa shape index (κ3) is 4.40. The van der Waals surface area contributed by atoms with E-state index in [1.54, 1.807) is 62.5 Å². The number of rotatable bonds is 6. The summed E-state index contributed by atoms with van der Waals surface area (Å²) in [6.45, 7) is 3.70. The van der Waals surface area contributed by atoms with Gasteiger partial charge in [-0.25, -0.2) is 9.78 Å². The first-order chi connectivity index (χ1) is 12.5. The first-order valence-corrected chi connectivity index (χ1v) is 8.46. The van der Waals surface area contributed by atoms with Crippen molar-refractivity contribution < 1.29 is 19.0 Å². The molecule has 134 valence electrons. The summed E-state index contributed by atoms with van der Waals surface area (Å²) in [5.74, 6) is 0.680. The number of aromatic nitrogens is 2. The fraction of sp³-hybridized carbons (Fsp3) is 0.211. The van der Waals surface area contributed by atoms with Crippen LogP contribution in [-0.2, 0) is 9.53 Å². The highest BCUT2D eigenvalue weighted by atomic mass is 35.5. The van der Waals surface area contributed by atoms with Gasteiger partial charge in [-0.05, 0) is 56.3 Å². The molecule has 0 saturated heterocycles. The molecule has 0 bridgehead atoms. The van der Waals surface area contributed by atoms with Gasteiger partial charge < -0.3 is 14.2 Å². The van der Waals surface area contributed by atoms with Crippen molar-refractivity contribution in [1.82, 2.24) is 9.97 Å². The summed E-state index contributed by atoms with van der Waals surface area (Å²) in [4.78, 5) is 20.1. The van der Waals surface area contributed by atoms with Gasteiger partial charge in [-0.3, -0.25) is 0 Å². The smallest absolute Gasteiger partial charge is 0.347 e. The average Bonchev–Trinajstić information content (AvgIpc) is 2.63. The zero-order valence-electron chi connectivity index (χ0n) is 14.3. The van der Waals surface area contributed by atoms with Gasteiger partial charge in [0.2, 0.25) is 0 Å². The lowest BCUT2D eigenvalue weighted by atomic mass is 10.2. The normalized spacial score (nSPS) is 11.8. The Hall–Kier alpha value is -2.86. The second kappa shape index (κ2) is 8.01. The highest BCUT2D eigenvalue weighted by Gasteiger charge is 2.15. The monoisotopic (exact) mass is 372 g/mol. The van der Waals surface area contributed by atoms with E-state index in [-0.39, 0.29) is 6.01 Å². The van der Waals surface area contributed by atoms with Crippen LogP contribution in [0.1, 0.15) is 13.8 Å². The maximum Gasteiger partial charge on any atom is 0.347 e. The molecule has 0 saturated carbocycles. The van der Waals surface area contributed by atoms with Crippen LogP contribution in [0.5, 0.6) is 17.5 Å². The van der Waals surface area contributed by atoms with Crippen LogP contribution in [0.15, 0.2) is 48.7 Å². The zero-order chi connectivity index (χ0) is 18.5. The fourth-order valence-electron chi connectivity index (χ4n) is 2.24. The van der Waals surface area contributed by atoms with Crippen molar-refractivity contribution in [3.63, 3.8) is 0 Å². The molecule has 0 amide bonds. The fourth-order valence-corrected chi connectivity index (χ4v) is 2.42. The predicted octanol–water partition coefficient (Wildman–Crippen LogP) is 4.41. The molecule has 26 heavy (non-hydrogen) atoms. The van der Waals surface area contributed by atoms with Crippen molar-refractivity contribution in [3.8, 4) is 17.5 Å². The van der Waals surface area contributed by atoms with Crippen LogP contribution in [0, 0.1) is 0 Å². The summed E-state index contributed by atoms with van der Waals surface area (Å²) in [7, 11) is 0. The van der Waals surface area contributed by atoms with E-state index in [2.05, 4.69) is 9.97 Å². The number of carbonyl (C=O) groups is 1. The molecule has 3 aromatic rings. The maximum atomic E-state index is 11.6. The van der Waals surface area contributed by atoms with E-state index in [1.165, 1.54) is 0 Å². The van der Waals surface area contributed by atoms with Gasteiger partial charge in [0.15, 0.2) is 6.10 Å². The summed E-state index contributed by atoms with van der Waals surface area (Å²) in [6, 6.07) is 12.4. The lowest BCUT2D eigenvalue weighted by Crippen LogP contribution is -2.25. The van der Waals surface area contributed by atoms with E-state index >= 15 is 0 Å². The summed E-state index contributed by atoms with van der Waals surface area (Å²) in [5, 5.41) is 1.46. The van der Waals surface area contributed by atoms with Crippen molar-refractivity contribution in [2.45, 2.75) is 20.0 Å². The molecule has 1 aromatic heterocycles. The molecule has 0 N–H and O–H groups in total. The lowest BCUT2D eigenvalue weighted by molar-refractivity contribution is -0.150. The Kier molecular flexibility index (Phi) is 5.53. The van der Waals surface area contributed by atoms with Gasteiger partial charge in [-0.2, -0.15) is 4.98 Å². The molecular weight excluding hydrogens is 356 g/mol. The van der Waals surface area contributed by atoms with Crippen LogP contribution in [0.3, 0.4) is 0 Å². The highest BCUT2D eigenvalue weighted by Crippen LogP contribution is 2.24. The molecule has 1 unspecified atom stereocenters. The number of benzene rings is 2. The number of carbonyl (C=O) groups excluding carboxylic acids is 1. The number of esters is 1. The van der Waals surface area contributed by atoms with Crippen LogP contribution in [0.25, 0.3) is 10.9 Å². The van der Waals surface area contributed by atoms with E-state index < -0.39 is 12.1 Å². The van der Waals surface area contributed by atoms with Gasteiger partial charge in [-0.1, -0.05) is 11.6 Å². The summed E-state index contributed by atoms with van der Waals surface area (Å²) in [6.07, 6.45) is 0.972. The van der Waals surface area contributed by atoms with Crippen molar-refractivity contribution in [1.29, 1.82) is 0 Å². The summed E-state index contributed by atoms with van der Waals surface area (Å²) in [5.41, 5.74) is 0.739. The molecule has 0 aliphatic carbocycles. The molecule has 0 aliphatic rings. The SMILES string of the molecule is CCOC(=O)C(C)Oc1ccc(Oc2ncc3cc(Cl)ccc3n2)cc1. The minimum Gasteiger partial charge on any atom is -0.479 e. The molecule has 0 aliphatic heterocycles. The van der Waals surface area contributed by atoms with Gasteiger partial charge in [0.1, 0.15) is 11.5 Å². The summed E-state index contributed by atoms with van der Waals surface area (Å²) < 4.78 is 16.1. The minimum atomic E-state index is -0.683. The molecule has 1 heterocycles. The first-order valence-electron chi connectivity index (χ1n) is 8.08. The van der Waals surface area contributed by atoms with E-state index in [4.69, 9.17) is 25.8 Å². The quantitative estimate of drug-likeness (QED) is 0.597. The number of ether oxygens (including phenoxy) is 3. The van der Waals surface area contributed by atoms with E-state index in [9.17, 15) is 4.79 Å². The molecule has 3 rings (SSSR count). The third-order valence-electron chi connectivity index (χ3n) is 3.48. The topological polar surface area (TPSA) is 70.5 Å². The van der Waals surface area contributed by atoms with Crippen LogP contribution in [-0.4, -0.2) is 28.6 Å². The van der Waals surface area contributed by atoms with E-state index in [0.717, 1.165) is 10.9 Å². The van der Waals surface area contributed by atoms with Crippen molar-refractivity contribution >= 4 is 28.5 Å². The van der Waals surface area contributed by atoms with Gasteiger partial charge in [-0.15, -0.1) is 0 Å². The molecule has 0 spiro atoms. The second-order valence-corrected chi connectivity index (χ2v) is 5.88. The van der Waals surface area contributed by atoms with Gasteiger partial charge >= 0.3 is 12.0 Å². The molecule has 0 fully saturated rings. The molecule has 7 heteroatoms. The van der Waals surface area contributed by atoms with Crippen molar-refractivity contribution in [2.75, 3.05) is 6.61 Å². The number of halogens is 1. The van der Waals surface area contributed by atoms with Gasteiger partial charge in [0.25, 0.3) is 0 Å². The number of hydrogen-bond donors (Lipinski definition) is 0. The van der Waals surface area contributed by atoms with Crippen LogP contribution in [0.2, 0.25) is 5.02 Å². The summed E-state index contributed by atoms with van der Waals surface area (Å²) >= 11 is 5.95. The second-order valence-electron chi connectivity index (χ2n) is 5.44. The van der Waals surface area contributed by atoms with Gasteiger partial charge in [0, 0.05) is 16.6 Å². The number of fused-ring (bicyclic) bond motifs is 1. The first kappa shape index (κ1) is 17.9. The van der Waals surface area contributed by atoms with Crippen molar-refractivity contribution in [2.24, 2.45) is 0 Å². The minimum absolute atomic E-state index is 0.230. The maximum absolute atomic E-state index is 11.6. The Morgan fingerprint density at radius 2 is 1.88 bits per heavy atom. The zero-order valence-corrected chi connectivity index (χ0v) is 15.1. The third-order valence-corrected chi connectivity index (χ3v) is 3.72. The highest BCUT2D eigenvalue weighted by molar-refractivity contribution is 6.31. The van der Waals surface area contributed by atoms with E-state index in [0.29, 0.717) is 23.1 Å². The Balaban J connectivity index is 1.67. The molecule has 0 radical (unpaired) electrons. The predicted molar refractivity (Wildman–Crippen MR) is 97.8 cm³/mol. The number of nitrogens with zero attached hydrogens (tertiary/aromatic N) is 2. The molecule has 6 nitrogen and oxygen atoms in total. The lowest BCUT2D eigenvalue weighted by Gasteiger charge is -2.13. The van der Waals surface area contributed by atoms with Gasteiger partial charge in [0.05, 0.1) is 12.1 Å². The molecule has 1 atom stereocenters. The molecule has 2 aromatic carbocycles. The Labute approximate surface area is 155 Å². The van der Waals surface area contributed by atoms with Crippen LogP contribution in [0.4, 0.5) is 0 Å². The number of hydrogen-bond acceptors (Lipinski definition) is 6. The molecular formula is C19H17ClN2O4. The Morgan fingerprint density at radius 3 is 2.62 bits per heavy atom. The Morgan fingerprint density at radius 1 is 1.15 bits per heavy atom. The van der Waals surface area contributed by atoms with Crippen molar-refractivity contribution in [3.05, 3.63) is 53.7 Å².